The summed E-state index contributed by atoms with van der Waals surface area (Å²) >= 11 is 0. The second kappa shape index (κ2) is 3.62. The van der Waals surface area contributed by atoms with Gasteiger partial charge in [0.2, 0.25) is 0 Å². The minimum atomic E-state index is 0.486. The average molecular weight is 203 g/mol. The zero-order valence-electron chi connectivity index (χ0n) is 8.91. The van der Waals surface area contributed by atoms with E-state index in [1.165, 1.54) is 18.4 Å². The first kappa shape index (κ1) is 9.37. The van der Waals surface area contributed by atoms with Crippen LogP contribution in [0.5, 0.6) is 0 Å². The van der Waals surface area contributed by atoms with E-state index in [9.17, 15) is 0 Å². The number of hydrogen-bond acceptors (Lipinski definition) is 2. The number of ether oxygens (including phenoxy) is 1. The lowest BCUT2D eigenvalue weighted by molar-refractivity contribution is -0.0479. The highest BCUT2D eigenvalue weighted by Gasteiger charge is 2.47. The Morgan fingerprint density at radius 1 is 1.13 bits per heavy atom. The molecule has 1 atom stereocenters. The third-order valence-electron chi connectivity index (χ3n) is 3.89. The molecule has 0 bridgehead atoms. The largest absolute Gasteiger partial charge is 0.381 e. The fourth-order valence-corrected chi connectivity index (χ4v) is 2.85. The lowest BCUT2D eigenvalue weighted by atomic mass is 9.66. The van der Waals surface area contributed by atoms with Gasteiger partial charge in [-0.1, -0.05) is 30.3 Å². The van der Waals surface area contributed by atoms with Gasteiger partial charge in [-0.2, -0.15) is 0 Å². The topological polar surface area (TPSA) is 21.3 Å². The van der Waals surface area contributed by atoms with Crippen LogP contribution in [0.15, 0.2) is 30.3 Å². The van der Waals surface area contributed by atoms with Crippen LogP contribution in [0.3, 0.4) is 0 Å². The van der Waals surface area contributed by atoms with Gasteiger partial charge >= 0.3 is 0 Å². The van der Waals surface area contributed by atoms with Gasteiger partial charge in [0, 0.05) is 31.2 Å². The van der Waals surface area contributed by atoms with Gasteiger partial charge in [0.15, 0.2) is 0 Å². The summed E-state index contributed by atoms with van der Waals surface area (Å²) < 4.78 is 5.46. The van der Waals surface area contributed by atoms with Gasteiger partial charge < -0.3 is 10.1 Å². The van der Waals surface area contributed by atoms with E-state index in [2.05, 4.69) is 35.6 Å². The molecular formula is C13H17NO. The highest BCUT2D eigenvalue weighted by Crippen LogP contribution is 2.48. The van der Waals surface area contributed by atoms with Gasteiger partial charge in [0.05, 0.1) is 0 Å². The molecule has 1 aromatic carbocycles. The molecule has 2 aliphatic heterocycles. The first-order valence-corrected chi connectivity index (χ1v) is 5.77. The smallest absolute Gasteiger partial charge is 0.0472 e. The summed E-state index contributed by atoms with van der Waals surface area (Å²) in [6, 6.07) is 11.4. The zero-order valence-corrected chi connectivity index (χ0v) is 8.91. The van der Waals surface area contributed by atoms with E-state index in [-0.39, 0.29) is 0 Å². The zero-order chi connectivity index (χ0) is 10.1. The minimum absolute atomic E-state index is 0.486. The SMILES string of the molecule is c1ccc([C@@H]2NCC23CCOCC3)cc1. The Morgan fingerprint density at radius 3 is 2.47 bits per heavy atom. The monoisotopic (exact) mass is 203 g/mol. The molecule has 0 unspecified atom stereocenters. The molecule has 2 heterocycles. The van der Waals surface area contributed by atoms with Crippen molar-refractivity contribution in [2.24, 2.45) is 5.41 Å². The summed E-state index contributed by atoms with van der Waals surface area (Å²) in [4.78, 5) is 0. The van der Waals surface area contributed by atoms with Crippen molar-refractivity contribution < 1.29 is 4.74 Å². The van der Waals surface area contributed by atoms with Crippen LogP contribution in [0.1, 0.15) is 24.4 Å². The molecule has 2 nitrogen and oxygen atoms in total. The minimum Gasteiger partial charge on any atom is -0.381 e. The summed E-state index contributed by atoms with van der Waals surface area (Å²) in [5, 5.41) is 3.57. The van der Waals surface area contributed by atoms with E-state index < -0.39 is 0 Å². The van der Waals surface area contributed by atoms with Crippen LogP contribution < -0.4 is 5.32 Å². The third-order valence-corrected chi connectivity index (χ3v) is 3.89. The molecule has 80 valence electrons. The van der Waals surface area contributed by atoms with Crippen molar-refractivity contribution in [3.8, 4) is 0 Å². The molecule has 1 spiro atoms. The number of hydrogen-bond donors (Lipinski definition) is 1. The van der Waals surface area contributed by atoms with Crippen molar-refractivity contribution in [3.63, 3.8) is 0 Å². The molecule has 15 heavy (non-hydrogen) atoms. The molecule has 0 amide bonds. The Morgan fingerprint density at radius 2 is 1.87 bits per heavy atom. The molecule has 1 aromatic rings. The molecule has 3 rings (SSSR count). The molecule has 1 N–H and O–H groups in total. The molecule has 2 saturated heterocycles. The Hall–Kier alpha value is -0.860. The highest BCUT2D eigenvalue weighted by atomic mass is 16.5. The molecular weight excluding hydrogens is 186 g/mol. The predicted octanol–water partition coefficient (Wildman–Crippen LogP) is 2.13. The quantitative estimate of drug-likeness (QED) is 0.755. The van der Waals surface area contributed by atoms with E-state index in [0.29, 0.717) is 11.5 Å². The van der Waals surface area contributed by atoms with Gasteiger partial charge in [0.25, 0.3) is 0 Å². The van der Waals surface area contributed by atoms with Gasteiger partial charge in [0.1, 0.15) is 0 Å². The molecule has 0 aliphatic carbocycles. The van der Waals surface area contributed by atoms with Gasteiger partial charge in [-0.25, -0.2) is 0 Å². The van der Waals surface area contributed by atoms with E-state index in [4.69, 9.17) is 4.74 Å². The van der Waals surface area contributed by atoms with Gasteiger partial charge in [-0.15, -0.1) is 0 Å². The van der Waals surface area contributed by atoms with Crippen LogP contribution in [-0.4, -0.2) is 19.8 Å². The van der Waals surface area contributed by atoms with E-state index >= 15 is 0 Å². The molecule has 0 aromatic heterocycles. The van der Waals surface area contributed by atoms with Gasteiger partial charge in [-0.3, -0.25) is 0 Å². The first-order valence-electron chi connectivity index (χ1n) is 5.77. The van der Waals surface area contributed by atoms with Crippen molar-refractivity contribution in [1.29, 1.82) is 0 Å². The molecule has 0 saturated carbocycles. The third kappa shape index (κ3) is 1.48. The lowest BCUT2D eigenvalue weighted by Gasteiger charge is -2.53. The summed E-state index contributed by atoms with van der Waals surface area (Å²) in [5.74, 6) is 0. The van der Waals surface area contributed by atoms with E-state index in [1.54, 1.807) is 0 Å². The Bertz CT molecular complexity index is 330. The van der Waals surface area contributed by atoms with Crippen LogP contribution >= 0.6 is 0 Å². The molecule has 0 radical (unpaired) electrons. The fourth-order valence-electron chi connectivity index (χ4n) is 2.85. The van der Waals surface area contributed by atoms with Crippen LogP contribution in [0.25, 0.3) is 0 Å². The lowest BCUT2D eigenvalue weighted by Crippen LogP contribution is -2.58. The van der Waals surface area contributed by atoms with Crippen LogP contribution in [0, 0.1) is 5.41 Å². The van der Waals surface area contributed by atoms with E-state index in [0.717, 1.165) is 19.8 Å². The predicted molar refractivity (Wildman–Crippen MR) is 59.7 cm³/mol. The van der Waals surface area contributed by atoms with Gasteiger partial charge in [-0.05, 0) is 18.4 Å². The van der Waals surface area contributed by atoms with Crippen LogP contribution in [0.4, 0.5) is 0 Å². The summed E-state index contributed by atoms with van der Waals surface area (Å²) in [5.41, 5.74) is 1.92. The maximum absolute atomic E-state index is 5.46. The molecule has 2 heteroatoms. The Labute approximate surface area is 90.6 Å². The second-order valence-corrected chi connectivity index (χ2v) is 4.70. The van der Waals surface area contributed by atoms with Crippen molar-refractivity contribution in [3.05, 3.63) is 35.9 Å². The number of nitrogens with one attached hydrogen (secondary N) is 1. The Kier molecular flexibility index (Phi) is 2.26. The summed E-state index contributed by atoms with van der Waals surface area (Å²) in [7, 11) is 0. The maximum atomic E-state index is 5.46. The van der Waals surface area contributed by atoms with Crippen molar-refractivity contribution in [2.75, 3.05) is 19.8 Å². The van der Waals surface area contributed by atoms with E-state index in [1.807, 2.05) is 0 Å². The Balaban J connectivity index is 1.83. The normalized spacial score (nSPS) is 28.7. The summed E-state index contributed by atoms with van der Waals surface area (Å²) in [6.45, 7) is 3.03. The standard InChI is InChI=1S/C13H17NO/c1-2-4-11(5-3-1)12-13(10-14-12)6-8-15-9-7-13/h1-5,12,14H,6-10H2/t12-/m0/s1. The molecule has 2 fully saturated rings. The second-order valence-electron chi connectivity index (χ2n) is 4.70. The van der Waals surface area contributed by atoms with Crippen molar-refractivity contribution in [1.82, 2.24) is 5.32 Å². The number of benzene rings is 1. The van der Waals surface area contributed by atoms with Crippen molar-refractivity contribution >= 4 is 0 Å². The van der Waals surface area contributed by atoms with Crippen LogP contribution in [0.2, 0.25) is 0 Å². The molecule has 2 aliphatic rings. The fraction of sp³-hybridized carbons (Fsp3) is 0.538. The number of rotatable bonds is 1. The highest BCUT2D eigenvalue weighted by molar-refractivity contribution is 5.25. The van der Waals surface area contributed by atoms with Crippen LogP contribution in [-0.2, 0) is 4.74 Å². The summed E-state index contributed by atoms with van der Waals surface area (Å²) in [6.07, 6.45) is 2.42. The maximum Gasteiger partial charge on any atom is 0.0472 e. The first-order chi connectivity index (χ1) is 7.41. The van der Waals surface area contributed by atoms with Crippen molar-refractivity contribution in [2.45, 2.75) is 18.9 Å². The average Bonchev–Trinajstić information content (AvgIpc) is 2.30.